The summed E-state index contributed by atoms with van der Waals surface area (Å²) < 4.78 is 1.70. The lowest BCUT2D eigenvalue weighted by Crippen LogP contribution is -2.43. The number of likely N-dealkylation sites (tertiary alicyclic amines) is 1. The van der Waals surface area contributed by atoms with Crippen LogP contribution in [0.1, 0.15) is 30.5 Å². The molecule has 2 fully saturated rings. The molecule has 2 saturated heterocycles. The van der Waals surface area contributed by atoms with Gasteiger partial charge in [-0.2, -0.15) is 10.2 Å². The molecular formula is C36H37N9O2. The maximum atomic E-state index is 14.0. The molecule has 1 N–H and O–H groups in total. The summed E-state index contributed by atoms with van der Waals surface area (Å²) in [6, 6.07) is 18.4. The van der Waals surface area contributed by atoms with Gasteiger partial charge >= 0.3 is 0 Å². The third-order valence-electron chi connectivity index (χ3n) is 10.0. The first-order chi connectivity index (χ1) is 22.8. The van der Waals surface area contributed by atoms with Gasteiger partial charge in [-0.3, -0.25) is 29.3 Å². The summed E-state index contributed by atoms with van der Waals surface area (Å²) in [5, 5.41) is 13.1. The number of nitrogens with one attached hydrogen (secondary N) is 1. The van der Waals surface area contributed by atoms with Crippen molar-refractivity contribution in [3.63, 3.8) is 0 Å². The number of rotatable bonds is 6. The van der Waals surface area contributed by atoms with Crippen LogP contribution in [0.15, 0.2) is 73.2 Å². The molecular weight excluding hydrogens is 590 g/mol. The summed E-state index contributed by atoms with van der Waals surface area (Å²) in [6.45, 7) is 5.65. The summed E-state index contributed by atoms with van der Waals surface area (Å²) in [7, 11) is 1.86. The van der Waals surface area contributed by atoms with Crippen LogP contribution in [-0.4, -0.2) is 90.8 Å². The number of H-pyrrole nitrogens is 1. The zero-order chi connectivity index (χ0) is 32.1. The number of carbonyl (C=O) groups is 2. The fraction of sp³-hybridized carbons (Fsp3) is 0.333. The molecule has 3 aromatic heterocycles. The monoisotopic (exact) mass is 627 g/mol. The molecule has 0 bridgehead atoms. The zero-order valence-electron chi connectivity index (χ0n) is 26.7. The van der Waals surface area contributed by atoms with Gasteiger partial charge in [-0.05, 0) is 74.2 Å². The predicted octanol–water partition coefficient (Wildman–Crippen LogP) is 4.47. The first kappa shape index (κ1) is 29.3. The van der Waals surface area contributed by atoms with Gasteiger partial charge < -0.3 is 9.80 Å². The topological polar surface area (TPSA) is 116 Å². The minimum absolute atomic E-state index is 0.125. The van der Waals surface area contributed by atoms with Crippen LogP contribution in [0.5, 0.6) is 0 Å². The number of amides is 2. The van der Waals surface area contributed by atoms with E-state index in [2.05, 4.69) is 54.4 Å². The van der Waals surface area contributed by atoms with Crippen LogP contribution in [0.4, 0.5) is 5.69 Å². The van der Waals surface area contributed by atoms with Gasteiger partial charge in [0.15, 0.2) is 5.82 Å². The van der Waals surface area contributed by atoms with Crippen molar-refractivity contribution in [2.75, 3.05) is 44.2 Å². The number of aryl methyl sites for hydroxylation is 2. The fourth-order valence-corrected chi connectivity index (χ4v) is 7.38. The molecule has 0 radical (unpaired) electrons. The number of aromatic nitrogens is 6. The zero-order valence-corrected chi connectivity index (χ0v) is 26.7. The van der Waals surface area contributed by atoms with E-state index in [0.717, 1.165) is 70.5 Å². The largest absolute Gasteiger partial charge is 0.338 e. The molecule has 238 valence electrons. The van der Waals surface area contributed by atoms with Gasteiger partial charge in [-0.1, -0.05) is 30.3 Å². The molecule has 5 aromatic rings. The Morgan fingerprint density at radius 1 is 0.957 bits per heavy atom. The number of benzene rings is 2. The maximum absolute atomic E-state index is 14.0. The predicted molar refractivity (Wildman–Crippen MR) is 180 cm³/mol. The Labute approximate surface area is 272 Å². The quantitative estimate of drug-likeness (QED) is 0.295. The van der Waals surface area contributed by atoms with Crippen LogP contribution in [0.3, 0.4) is 0 Å². The molecule has 3 aliphatic rings. The second kappa shape index (κ2) is 11.6. The van der Waals surface area contributed by atoms with E-state index in [1.54, 1.807) is 17.2 Å². The third kappa shape index (κ3) is 5.40. The fourth-order valence-electron chi connectivity index (χ4n) is 7.38. The Kier molecular flexibility index (Phi) is 7.20. The minimum Gasteiger partial charge on any atom is -0.338 e. The van der Waals surface area contributed by atoms with Gasteiger partial charge in [-0.25, -0.2) is 4.98 Å². The molecule has 11 heteroatoms. The second-order valence-electron chi connectivity index (χ2n) is 13.1. The van der Waals surface area contributed by atoms with Gasteiger partial charge in [0.05, 0.1) is 17.5 Å². The third-order valence-corrected chi connectivity index (χ3v) is 10.0. The molecule has 1 spiro atoms. The highest BCUT2D eigenvalue weighted by Gasteiger charge is 2.51. The minimum atomic E-state index is -0.442. The van der Waals surface area contributed by atoms with Crippen molar-refractivity contribution >= 4 is 34.0 Å². The number of pyridine rings is 1. The SMILES string of the molecule is Cc1cc(-c2n[nH]c3ccc(N4CC[C@]5(CCN(CC(=O)N6CC=C(c7ccc(-c8ncn(C)n8)cc7)CC6)C5)C4=O)cc23)ccn1. The summed E-state index contributed by atoms with van der Waals surface area (Å²) in [5.41, 5.74) is 7.56. The highest BCUT2D eigenvalue weighted by Crippen LogP contribution is 2.43. The highest BCUT2D eigenvalue weighted by molar-refractivity contribution is 6.03. The van der Waals surface area contributed by atoms with Crippen molar-refractivity contribution < 1.29 is 9.59 Å². The number of hydrogen-bond donors (Lipinski definition) is 1. The van der Waals surface area contributed by atoms with Crippen molar-refractivity contribution in [2.24, 2.45) is 12.5 Å². The van der Waals surface area contributed by atoms with Crippen LogP contribution in [0.25, 0.3) is 39.1 Å². The lowest BCUT2D eigenvalue weighted by atomic mass is 9.85. The number of aromatic amines is 1. The van der Waals surface area contributed by atoms with E-state index < -0.39 is 5.41 Å². The Morgan fingerprint density at radius 3 is 2.55 bits per heavy atom. The maximum Gasteiger partial charge on any atom is 0.237 e. The Balaban J connectivity index is 0.896. The summed E-state index contributed by atoms with van der Waals surface area (Å²) in [6.07, 6.45) is 8.04. The van der Waals surface area contributed by atoms with Crippen molar-refractivity contribution in [1.29, 1.82) is 0 Å². The van der Waals surface area contributed by atoms with Crippen LogP contribution < -0.4 is 4.90 Å². The van der Waals surface area contributed by atoms with Gasteiger partial charge in [-0.15, -0.1) is 0 Å². The first-order valence-electron chi connectivity index (χ1n) is 16.2. The molecule has 2 aromatic carbocycles. The van der Waals surface area contributed by atoms with Crippen LogP contribution >= 0.6 is 0 Å². The second-order valence-corrected chi connectivity index (χ2v) is 13.1. The average Bonchev–Trinajstić information content (AvgIpc) is 3.88. The molecule has 0 saturated carbocycles. The van der Waals surface area contributed by atoms with E-state index in [1.165, 1.54) is 5.57 Å². The van der Waals surface area contributed by atoms with Crippen LogP contribution in [0, 0.1) is 12.3 Å². The number of anilines is 1. The molecule has 0 unspecified atom stereocenters. The van der Waals surface area contributed by atoms with E-state index in [9.17, 15) is 9.59 Å². The number of carbonyl (C=O) groups excluding carboxylic acids is 2. The molecule has 2 amide bonds. The van der Waals surface area contributed by atoms with E-state index in [4.69, 9.17) is 0 Å². The highest BCUT2D eigenvalue weighted by atomic mass is 16.2. The van der Waals surface area contributed by atoms with Crippen molar-refractivity contribution in [3.8, 4) is 22.6 Å². The number of fused-ring (bicyclic) bond motifs is 1. The standard InChI is InChI=1S/C36H37N9O2/c1-24-19-28(9-14-37-24)33-30-20-29(7-8-31(30)39-40-33)45-18-13-36(35(45)47)12-17-43(22-36)21-32(46)44-15-10-26(11-16-44)25-3-5-27(6-4-25)34-38-23-42(2)41-34/h3-10,14,19-20,23H,11-13,15-18,21-22H2,1-2H3,(H,39,40)/t36-/m0/s1. The Morgan fingerprint density at radius 2 is 1.79 bits per heavy atom. The average molecular weight is 628 g/mol. The smallest absolute Gasteiger partial charge is 0.237 e. The number of nitrogens with zero attached hydrogens (tertiary/aromatic N) is 8. The van der Waals surface area contributed by atoms with Gasteiger partial charge in [0.2, 0.25) is 11.8 Å². The Bertz CT molecular complexity index is 2030. The van der Waals surface area contributed by atoms with Crippen LogP contribution in [-0.2, 0) is 16.6 Å². The van der Waals surface area contributed by atoms with E-state index in [-0.39, 0.29) is 11.8 Å². The summed E-state index contributed by atoms with van der Waals surface area (Å²) in [5.74, 6) is 0.998. The molecule has 1 atom stereocenters. The summed E-state index contributed by atoms with van der Waals surface area (Å²) >= 11 is 0. The van der Waals surface area contributed by atoms with E-state index >= 15 is 0 Å². The molecule has 8 rings (SSSR count). The Hall–Kier alpha value is -5.16. The first-order valence-corrected chi connectivity index (χ1v) is 16.2. The number of hydrogen-bond acceptors (Lipinski definition) is 7. The van der Waals surface area contributed by atoms with E-state index in [0.29, 0.717) is 38.5 Å². The molecule has 11 nitrogen and oxygen atoms in total. The summed E-state index contributed by atoms with van der Waals surface area (Å²) in [4.78, 5) is 42.0. The van der Waals surface area contributed by atoms with Gasteiger partial charge in [0.25, 0.3) is 0 Å². The molecule has 0 aliphatic carbocycles. The molecule has 6 heterocycles. The van der Waals surface area contributed by atoms with Crippen molar-refractivity contribution in [1.82, 2.24) is 39.7 Å². The normalized spacial score (nSPS) is 20.1. The van der Waals surface area contributed by atoms with E-state index in [1.807, 2.05) is 60.2 Å². The lowest BCUT2D eigenvalue weighted by Gasteiger charge is -2.29. The molecule has 3 aliphatic heterocycles. The lowest BCUT2D eigenvalue weighted by molar-refractivity contribution is -0.132. The van der Waals surface area contributed by atoms with Crippen molar-refractivity contribution in [2.45, 2.75) is 26.2 Å². The van der Waals surface area contributed by atoms with Gasteiger partial charge in [0.1, 0.15) is 12.0 Å². The van der Waals surface area contributed by atoms with Crippen LogP contribution in [0.2, 0.25) is 0 Å². The van der Waals surface area contributed by atoms with Gasteiger partial charge in [0, 0.05) is 67.3 Å². The molecule has 47 heavy (non-hydrogen) atoms. The van der Waals surface area contributed by atoms with Crippen molar-refractivity contribution in [3.05, 3.63) is 84.5 Å².